The van der Waals surface area contributed by atoms with Crippen LogP contribution in [0.4, 0.5) is 19.4 Å². The number of para-hydroxylation sites is 1. The Morgan fingerprint density at radius 2 is 1.81 bits per heavy atom. The zero-order valence-electron chi connectivity index (χ0n) is 23.4. The van der Waals surface area contributed by atoms with Crippen LogP contribution in [0.25, 0.3) is 5.69 Å². The normalized spacial score (nSPS) is 16.9. The van der Waals surface area contributed by atoms with E-state index in [-0.39, 0.29) is 24.3 Å². The van der Waals surface area contributed by atoms with Gasteiger partial charge in [0.05, 0.1) is 23.9 Å². The van der Waals surface area contributed by atoms with Gasteiger partial charge in [-0.3, -0.25) is 10.2 Å². The number of urea groups is 1. The van der Waals surface area contributed by atoms with Gasteiger partial charge in [-0.15, -0.1) is 5.10 Å². The van der Waals surface area contributed by atoms with Crippen molar-refractivity contribution in [2.45, 2.75) is 25.5 Å². The molecule has 2 amide bonds. The minimum absolute atomic E-state index is 0.164. The Kier molecular flexibility index (Phi) is 8.99. The van der Waals surface area contributed by atoms with E-state index >= 15 is 0 Å². The summed E-state index contributed by atoms with van der Waals surface area (Å²) in [6.07, 6.45) is 0. The van der Waals surface area contributed by atoms with E-state index in [1.807, 2.05) is 30.3 Å². The first-order chi connectivity index (χ1) is 20.3. The summed E-state index contributed by atoms with van der Waals surface area (Å²) in [6, 6.07) is 19.1. The average molecular weight is 578 g/mol. The van der Waals surface area contributed by atoms with Gasteiger partial charge in [-0.25, -0.2) is 18.3 Å². The lowest BCUT2D eigenvalue weighted by Gasteiger charge is -2.21. The fourth-order valence-electron chi connectivity index (χ4n) is 5.09. The van der Waals surface area contributed by atoms with Crippen LogP contribution in [0.2, 0.25) is 0 Å². The first-order valence-electron chi connectivity index (χ1n) is 13.6. The molecule has 1 fully saturated rings. The van der Waals surface area contributed by atoms with E-state index in [2.05, 4.69) is 20.6 Å². The average Bonchev–Trinajstić information content (AvgIpc) is 3.53. The highest BCUT2D eigenvalue weighted by Crippen LogP contribution is 2.31. The molecule has 220 valence electrons. The molecule has 42 heavy (non-hydrogen) atoms. The van der Waals surface area contributed by atoms with E-state index in [4.69, 9.17) is 9.47 Å². The van der Waals surface area contributed by atoms with E-state index in [1.165, 1.54) is 6.07 Å². The van der Waals surface area contributed by atoms with Gasteiger partial charge in [0.1, 0.15) is 18.2 Å². The SMILES string of the molecule is COCCN1C[C@@H](NC(=O)Nc2c(C)c(OCc3ccc(O)cc3)nn2-c2ccccc2)[C@H](c2ccc(F)c(F)c2)C1. The third-order valence-corrected chi connectivity index (χ3v) is 7.32. The van der Waals surface area contributed by atoms with Crippen LogP contribution in [0.15, 0.2) is 72.8 Å². The highest BCUT2D eigenvalue weighted by molar-refractivity contribution is 5.90. The lowest BCUT2D eigenvalue weighted by atomic mass is 9.94. The number of benzene rings is 3. The molecule has 1 aliphatic rings. The predicted octanol–water partition coefficient (Wildman–Crippen LogP) is 4.98. The van der Waals surface area contributed by atoms with Crippen LogP contribution >= 0.6 is 0 Å². The van der Waals surface area contributed by atoms with Gasteiger partial charge in [-0.1, -0.05) is 36.4 Å². The van der Waals surface area contributed by atoms with Gasteiger partial charge in [0, 0.05) is 32.7 Å². The summed E-state index contributed by atoms with van der Waals surface area (Å²) < 4.78 is 40.6. The number of nitrogens with zero attached hydrogens (tertiary/aromatic N) is 3. The second kappa shape index (κ2) is 13.0. The number of aromatic nitrogens is 2. The van der Waals surface area contributed by atoms with Crippen molar-refractivity contribution in [2.24, 2.45) is 0 Å². The van der Waals surface area contributed by atoms with Gasteiger partial charge >= 0.3 is 6.03 Å². The summed E-state index contributed by atoms with van der Waals surface area (Å²) in [5.41, 5.74) is 2.80. The number of aromatic hydroxyl groups is 1. The van der Waals surface area contributed by atoms with Crippen molar-refractivity contribution in [1.82, 2.24) is 20.0 Å². The zero-order chi connectivity index (χ0) is 29.6. The number of carbonyl (C=O) groups excluding carboxylic acids is 1. The molecule has 0 radical (unpaired) electrons. The molecule has 3 N–H and O–H groups in total. The molecular weight excluding hydrogens is 544 g/mol. The first kappa shape index (κ1) is 29.0. The molecule has 9 nitrogen and oxygen atoms in total. The van der Waals surface area contributed by atoms with Crippen LogP contribution in [0.3, 0.4) is 0 Å². The second-order valence-electron chi connectivity index (χ2n) is 10.2. The van der Waals surface area contributed by atoms with E-state index in [9.17, 15) is 18.7 Å². The van der Waals surface area contributed by atoms with Gasteiger partial charge in [0.15, 0.2) is 11.6 Å². The lowest BCUT2D eigenvalue weighted by molar-refractivity contribution is 0.159. The van der Waals surface area contributed by atoms with Crippen LogP contribution in [0.1, 0.15) is 22.6 Å². The summed E-state index contributed by atoms with van der Waals surface area (Å²) in [4.78, 5) is 15.6. The van der Waals surface area contributed by atoms with E-state index in [1.54, 1.807) is 49.0 Å². The van der Waals surface area contributed by atoms with Crippen LogP contribution in [-0.2, 0) is 11.3 Å². The van der Waals surface area contributed by atoms with Crippen molar-refractivity contribution in [3.8, 4) is 17.3 Å². The minimum atomic E-state index is -0.923. The summed E-state index contributed by atoms with van der Waals surface area (Å²) >= 11 is 0. The summed E-state index contributed by atoms with van der Waals surface area (Å²) in [5.74, 6) is -1.16. The Bertz CT molecular complexity index is 1510. The fraction of sp³-hybridized carbons (Fsp3) is 0.290. The summed E-state index contributed by atoms with van der Waals surface area (Å²) in [6.45, 7) is 4.23. The number of methoxy groups -OCH3 is 1. The Morgan fingerprint density at radius 3 is 2.52 bits per heavy atom. The van der Waals surface area contributed by atoms with Gasteiger partial charge in [0.2, 0.25) is 5.88 Å². The molecule has 2 heterocycles. The number of phenolic OH excluding ortho intramolecular Hbond substituents is 1. The maximum atomic E-state index is 14.1. The first-order valence-corrected chi connectivity index (χ1v) is 13.6. The molecule has 0 saturated carbocycles. The zero-order valence-corrected chi connectivity index (χ0v) is 23.4. The second-order valence-corrected chi connectivity index (χ2v) is 10.2. The molecule has 4 aromatic rings. The van der Waals surface area contributed by atoms with E-state index in [0.717, 1.165) is 17.3 Å². The number of nitrogens with one attached hydrogen (secondary N) is 2. The summed E-state index contributed by atoms with van der Waals surface area (Å²) in [7, 11) is 1.62. The topological polar surface area (TPSA) is 101 Å². The molecule has 1 aliphatic heterocycles. The van der Waals surface area contributed by atoms with Gasteiger partial charge in [0.25, 0.3) is 0 Å². The maximum absolute atomic E-state index is 14.1. The number of rotatable bonds is 10. The smallest absolute Gasteiger partial charge is 0.320 e. The summed E-state index contributed by atoms with van der Waals surface area (Å²) in [5, 5.41) is 20.2. The highest BCUT2D eigenvalue weighted by Gasteiger charge is 2.35. The maximum Gasteiger partial charge on any atom is 0.320 e. The molecule has 2 atom stereocenters. The van der Waals surface area contributed by atoms with Crippen molar-refractivity contribution in [1.29, 1.82) is 0 Å². The quantitative estimate of drug-likeness (QED) is 0.246. The molecule has 1 saturated heterocycles. The van der Waals surface area contributed by atoms with Crippen LogP contribution in [0.5, 0.6) is 11.6 Å². The minimum Gasteiger partial charge on any atom is -0.508 e. The Hall–Kier alpha value is -4.48. The highest BCUT2D eigenvalue weighted by atomic mass is 19.2. The van der Waals surface area contributed by atoms with Gasteiger partial charge in [-0.05, 0) is 54.4 Å². The van der Waals surface area contributed by atoms with Crippen molar-refractivity contribution in [3.63, 3.8) is 0 Å². The van der Waals surface area contributed by atoms with Crippen molar-refractivity contribution >= 4 is 11.8 Å². The molecule has 0 spiro atoms. The monoisotopic (exact) mass is 577 g/mol. The fourth-order valence-corrected chi connectivity index (χ4v) is 5.09. The number of ether oxygens (including phenoxy) is 2. The van der Waals surface area contributed by atoms with Crippen LogP contribution in [-0.4, -0.2) is 65.2 Å². The number of carbonyl (C=O) groups is 1. The van der Waals surface area contributed by atoms with Crippen LogP contribution in [0, 0.1) is 18.6 Å². The molecule has 1 aromatic heterocycles. The Morgan fingerprint density at radius 1 is 1.05 bits per heavy atom. The van der Waals surface area contributed by atoms with Crippen molar-refractivity contribution in [3.05, 3.63) is 101 Å². The lowest BCUT2D eigenvalue weighted by Crippen LogP contribution is -2.42. The molecule has 3 aromatic carbocycles. The Labute approximate surface area is 242 Å². The third kappa shape index (κ3) is 6.69. The van der Waals surface area contributed by atoms with Crippen molar-refractivity contribution in [2.75, 3.05) is 38.7 Å². The molecule has 0 bridgehead atoms. The molecule has 11 heteroatoms. The third-order valence-electron chi connectivity index (χ3n) is 7.32. The molecule has 0 unspecified atom stereocenters. The van der Waals surface area contributed by atoms with Crippen molar-refractivity contribution < 1.29 is 28.2 Å². The predicted molar refractivity (Wildman–Crippen MR) is 154 cm³/mol. The number of amides is 2. The van der Waals surface area contributed by atoms with Gasteiger partial charge < -0.3 is 19.9 Å². The number of phenols is 1. The molecule has 5 rings (SSSR count). The van der Waals surface area contributed by atoms with Gasteiger partial charge in [-0.2, -0.15) is 0 Å². The number of halogens is 2. The van der Waals surface area contributed by atoms with E-state index in [0.29, 0.717) is 49.1 Å². The largest absolute Gasteiger partial charge is 0.508 e. The molecule has 0 aliphatic carbocycles. The number of hydrogen-bond donors (Lipinski definition) is 3. The standard InChI is InChI=1S/C31H33F2N5O4/c1-20-29(38(23-6-4-3-5-7-23)36-30(20)42-19-21-8-11-24(39)12-9-21)35-31(40)34-28-18-37(14-15-41-2)17-25(28)22-10-13-26(32)27(33)16-22/h3-13,16,25,28,39H,14-15,17-19H2,1-2H3,(H2,34,35,40)/t25-,28+/m0/s1. The van der Waals surface area contributed by atoms with E-state index < -0.39 is 17.7 Å². The number of anilines is 1. The Balaban J connectivity index is 1.37. The number of likely N-dealkylation sites (tertiary alicyclic amines) is 1. The number of hydrogen-bond acceptors (Lipinski definition) is 6. The van der Waals surface area contributed by atoms with Crippen LogP contribution < -0.4 is 15.4 Å². The molecular formula is C31H33F2N5O4.